The molecular weight excluding hydrogens is 596 g/mol. The molecule has 0 bridgehead atoms. The van der Waals surface area contributed by atoms with Crippen LogP contribution < -0.4 is 9.80 Å². The monoisotopic (exact) mass is 629 g/mol. The number of thiazole rings is 1. The minimum absolute atomic E-state index is 0.0263. The second kappa shape index (κ2) is 12.0. The van der Waals surface area contributed by atoms with Crippen molar-refractivity contribution in [3.63, 3.8) is 0 Å². The molecule has 3 aliphatic rings. The summed E-state index contributed by atoms with van der Waals surface area (Å²) in [6.45, 7) is 3.73. The number of aromatic nitrogens is 2. The van der Waals surface area contributed by atoms with Crippen LogP contribution in [-0.4, -0.2) is 89.7 Å². The number of hydrogen-bond donors (Lipinski definition) is 1. The highest BCUT2D eigenvalue weighted by molar-refractivity contribution is 7.16. The fourth-order valence-electron chi connectivity index (χ4n) is 6.55. The van der Waals surface area contributed by atoms with Gasteiger partial charge in [0.15, 0.2) is 10.9 Å². The number of amides is 1. The molecule has 4 heterocycles. The molecule has 0 radical (unpaired) electrons. The first-order valence-electron chi connectivity index (χ1n) is 15.3. The van der Waals surface area contributed by atoms with Crippen molar-refractivity contribution < 1.29 is 18.7 Å². The van der Waals surface area contributed by atoms with Crippen LogP contribution in [0.4, 0.5) is 25.3 Å². The topological polar surface area (TPSA) is 99.8 Å². The first-order valence-corrected chi connectivity index (χ1v) is 16.1. The van der Waals surface area contributed by atoms with Crippen molar-refractivity contribution in [1.29, 1.82) is 5.26 Å². The first-order chi connectivity index (χ1) is 21.8. The number of hydrogen-bond acceptors (Lipinski definition) is 9. The van der Waals surface area contributed by atoms with Gasteiger partial charge in [-0.15, -0.1) is 0 Å². The lowest BCUT2D eigenvalue weighted by Gasteiger charge is -2.40. The molecule has 9 nitrogen and oxygen atoms in total. The molecular formula is C33H33F2N7O2S. The van der Waals surface area contributed by atoms with Crippen LogP contribution >= 0.6 is 11.3 Å². The zero-order valence-electron chi connectivity index (χ0n) is 25.0. The van der Waals surface area contributed by atoms with E-state index in [-0.39, 0.29) is 17.5 Å². The molecule has 2 fully saturated rings. The minimum Gasteiger partial charge on any atom is -0.389 e. The third kappa shape index (κ3) is 5.60. The lowest BCUT2D eigenvalue weighted by molar-refractivity contribution is -0.142. The second-order valence-corrected chi connectivity index (χ2v) is 13.0. The number of benzene rings is 2. The van der Waals surface area contributed by atoms with Gasteiger partial charge in [0, 0.05) is 68.6 Å². The number of piperazine rings is 1. The summed E-state index contributed by atoms with van der Waals surface area (Å²) in [7, 11) is 1.90. The molecule has 45 heavy (non-hydrogen) atoms. The van der Waals surface area contributed by atoms with Crippen LogP contribution in [0.15, 0.2) is 36.4 Å². The Bertz CT molecular complexity index is 1810. The predicted molar refractivity (Wildman–Crippen MR) is 170 cm³/mol. The zero-order valence-corrected chi connectivity index (χ0v) is 25.8. The summed E-state index contributed by atoms with van der Waals surface area (Å²) in [4.78, 5) is 30.5. The van der Waals surface area contributed by atoms with Crippen molar-refractivity contribution in [2.24, 2.45) is 0 Å². The average molecular weight is 630 g/mol. The Morgan fingerprint density at radius 3 is 2.53 bits per heavy atom. The van der Waals surface area contributed by atoms with E-state index in [9.17, 15) is 19.6 Å². The Hall–Kier alpha value is -4.18. The van der Waals surface area contributed by atoms with Crippen LogP contribution in [0.25, 0.3) is 22.2 Å². The van der Waals surface area contributed by atoms with Crippen LogP contribution in [0.1, 0.15) is 29.0 Å². The number of rotatable bonds is 6. The lowest BCUT2D eigenvalue weighted by Crippen LogP contribution is -2.57. The maximum absolute atomic E-state index is 15.9. The fraction of sp³-hybridized carbons (Fsp3) is 0.394. The Morgan fingerprint density at radius 2 is 1.82 bits per heavy atom. The molecule has 1 amide bonds. The van der Waals surface area contributed by atoms with Gasteiger partial charge in [0.25, 0.3) is 0 Å². The predicted octanol–water partition coefficient (Wildman–Crippen LogP) is 4.48. The van der Waals surface area contributed by atoms with Gasteiger partial charge in [0.05, 0.1) is 18.3 Å². The van der Waals surface area contributed by atoms with Gasteiger partial charge in [-0.2, -0.15) is 5.26 Å². The maximum Gasteiger partial charge on any atom is 0.236 e. The van der Waals surface area contributed by atoms with Crippen molar-refractivity contribution >= 4 is 44.7 Å². The number of aliphatic hydroxyl groups is 1. The van der Waals surface area contributed by atoms with E-state index in [4.69, 9.17) is 9.97 Å². The number of anilines is 3. The molecule has 2 saturated heterocycles. The number of carbonyl (C=O) groups is 1. The summed E-state index contributed by atoms with van der Waals surface area (Å²) in [5.41, 5.74) is 5.04. The Balaban J connectivity index is 1.22. The van der Waals surface area contributed by atoms with Gasteiger partial charge in [0.2, 0.25) is 5.91 Å². The average Bonchev–Trinajstić information content (AvgIpc) is 3.47. The van der Waals surface area contributed by atoms with E-state index in [0.717, 1.165) is 48.3 Å². The van der Waals surface area contributed by atoms with Gasteiger partial charge in [-0.05, 0) is 67.6 Å². The first kappa shape index (κ1) is 29.5. The van der Waals surface area contributed by atoms with Crippen LogP contribution in [0, 0.1) is 23.0 Å². The number of likely N-dealkylation sites (tertiary alicyclic amines) is 1. The number of pyridine rings is 1. The number of fused-ring (bicyclic) bond motifs is 2. The van der Waals surface area contributed by atoms with Gasteiger partial charge in [-0.3, -0.25) is 9.69 Å². The van der Waals surface area contributed by atoms with Crippen molar-refractivity contribution in [2.75, 3.05) is 62.7 Å². The Morgan fingerprint density at radius 1 is 1.09 bits per heavy atom. The standard InChI is InChI=1S/C33H33F2N7O2S/c1-39(33-38-30(28(16-36)45-33)20-6-8-21(34)9-7-20)32-24-4-2-3-5-27(24)37-31-25(32)14-22(15-26(31)35)41-12-10-40(11-13-41)19-29(44)42-17-23(43)18-42/h6-9,14-15,23,43H,2-5,10-13,17-19H2,1H3. The van der Waals surface area contributed by atoms with E-state index in [1.54, 1.807) is 23.1 Å². The normalized spacial score (nSPS) is 17.2. The summed E-state index contributed by atoms with van der Waals surface area (Å²) in [6.07, 6.45) is 3.16. The number of nitrogens with zero attached hydrogens (tertiary/aromatic N) is 7. The highest BCUT2D eigenvalue weighted by atomic mass is 32.1. The highest BCUT2D eigenvalue weighted by Gasteiger charge is 2.31. The number of β-amino-alcohol motifs (C(OH)–C–C–N with tert-alkyl or cyclic N) is 1. The van der Waals surface area contributed by atoms with Gasteiger partial charge >= 0.3 is 0 Å². The number of nitriles is 1. The van der Waals surface area contributed by atoms with Gasteiger partial charge in [-0.25, -0.2) is 18.7 Å². The number of halogens is 2. The van der Waals surface area contributed by atoms with Crippen molar-refractivity contribution in [1.82, 2.24) is 19.8 Å². The maximum atomic E-state index is 15.9. The minimum atomic E-state index is -0.418. The van der Waals surface area contributed by atoms with E-state index < -0.39 is 6.10 Å². The van der Waals surface area contributed by atoms with E-state index in [1.807, 2.05) is 18.0 Å². The number of carbonyl (C=O) groups excluding carboxylic acids is 1. The third-order valence-corrected chi connectivity index (χ3v) is 10.1. The third-order valence-electron chi connectivity index (χ3n) is 9.04. The lowest BCUT2D eigenvalue weighted by atomic mass is 9.92. The summed E-state index contributed by atoms with van der Waals surface area (Å²) < 4.78 is 29.6. The highest BCUT2D eigenvalue weighted by Crippen LogP contribution is 2.43. The van der Waals surface area contributed by atoms with Gasteiger partial charge < -0.3 is 19.8 Å². The summed E-state index contributed by atoms with van der Waals surface area (Å²) in [5.74, 6) is -0.721. The molecule has 7 rings (SSSR count). The molecule has 0 atom stereocenters. The summed E-state index contributed by atoms with van der Waals surface area (Å²) in [6, 6.07) is 11.7. The van der Waals surface area contributed by atoms with Crippen LogP contribution in [-0.2, 0) is 17.6 Å². The van der Waals surface area contributed by atoms with E-state index >= 15 is 4.39 Å². The van der Waals surface area contributed by atoms with E-state index in [0.29, 0.717) is 78.0 Å². The van der Waals surface area contributed by atoms with Crippen LogP contribution in [0.3, 0.4) is 0 Å². The Kier molecular flexibility index (Phi) is 7.85. The molecule has 0 spiro atoms. The molecule has 2 aliphatic heterocycles. The van der Waals surface area contributed by atoms with E-state index in [1.165, 1.54) is 23.5 Å². The van der Waals surface area contributed by atoms with Crippen molar-refractivity contribution in [3.05, 3.63) is 64.2 Å². The molecule has 4 aromatic rings. The second-order valence-electron chi connectivity index (χ2n) is 12.0. The molecule has 232 valence electrons. The van der Waals surface area contributed by atoms with Crippen LogP contribution in [0.2, 0.25) is 0 Å². The van der Waals surface area contributed by atoms with E-state index in [2.05, 4.69) is 15.9 Å². The molecule has 0 saturated carbocycles. The largest absolute Gasteiger partial charge is 0.389 e. The van der Waals surface area contributed by atoms with Gasteiger partial charge in [-0.1, -0.05) is 11.3 Å². The number of aryl methyl sites for hydroxylation is 1. The quantitative estimate of drug-likeness (QED) is 0.334. The molecule has 12 heteroatoms. The zero-order chi connectivity index (χ0) is 31.2. The molecule has 2 aromatic carbocycles. The summed E-state index contributed by atoms with van der Waals surface area (Å²) in [5, 5.41) is 20.7. The SMILES string of the molecule is CN(c1nc(-c2ccc(F)cc2)c(C#N)s1)c1c2c(nc3c(F)cc(N4CCN(CC(=O)N5CC(O)C5)CC4)cc13)CCCC2. The smallest absolute Gasteiger partial charge is 0.236 e. The fourth-order valence-corrected chi connectivity index (χ4v) is 7.41. The molecule has 1 N–H and O–H groups in total. The Labute approximate surface area is 263 Å². The van der Waals surface area contributed by atoms with Crippen molar-refractivity contribution in [2.45, 2.75) is 31.8 Å². The summed E-state index contributed by atoms with van der Waals surface area (Å²) >= 11 is 1.25. The number of aliphatic hydroxyl groups excluding tert-OH is 1. The molecule has 2 aromatic heterocycles. The van der Waals surface area contributed by atoms with Crippen LogP contribution in [0.5, 0.6) is 0 Å². The molecule has 1 aliphatic carbocycles. The van der Waals surface area contributed by atoms with Crippen molar-refractivity contribution in [3.8, 4) is 17.3 Å². The van der Waals surface area contributed by atoms with Gasteiger partial charge in [0.1, 0.15) is 28.0 Å². The molecule has 0 unspecified atom stereocenters.